The third-order valence-electron chi connectivity index (χ3n) is 11.6. The van der Waals surface area contributed by atoms with Crippen LogP contribution in [0, 0.1) is 17.1 Å². The zero-order valence-electron chi connectivity index (χ0n) is 31.9. The Bertz CT molecular complexity index is 2010. The van der Waals surface area contributed by atoms with Gasteiger partial charge in [-0.3, -0.25) is 9.80 Å². The number of hydrogen-bond donors (Lipinski definition) is 0. The Hall–Kier alpha value is -4.29. The molecule has 0 saturated carbocycles. The molecule has 15 heteroatoms. The smallest absolute Gasteiger partial charge is 0.410 e. The van der Waals surface area contributed by atoms with Crippen LogP contribution in [0.2, 0.25) is 0 Å². The van der Waals surface area contributed by atoms with E-state index < -0.39 is 17.6 Å². The number of carbonyl (C=O) groups is 1. The number of carbonyl (C=O) groups excluding carboxylic acids is 1. The van der Waals surface area contributed by atoms with E-state index >= 15 is 4.39 Å². The Morgan fingerprint density at radius 1 is 1.20 bits per heavy atom. The van der Waals surface area contributed by atoms with Crippen molar-refractivity contribution in [1.29, 1.82) is 5.26 Å². The van der Waals surface area contributed by atoms with Crippen molar-refractivity contribution in [3.05, 3.63) is 34.8 Å². The van der Waals surface area contributed by atoms with Crippen molar-refractivity contribution in [3.63, 3.8) is 0 Å². The Morgan fingerprint density at radius 2 is 1.96 bits per heavy atom. The maximum Gasteiger partial charge on any atom is 0.410 e. The lowest BCUT2D eigenvalue weighted by Crippen LogP contribution is -2.57. The van der Waals surface area contributed by atoms with Gasteiger partial charge in [-0.05, 0) is 78.5 Å². The molecule has 8 rings (SSSR count). The van der Waals surface area contributed by atoms with Crippen LogP contribution in [0.5, 0.6) is 6.01 Å². The van der Waals surface area contributed by atoms with Gasteiger partial charge in [0.25, 0.3) is 0 Å². The van der Waals surface area contributed by atoms with Crippen LogP contribution in [-0.4, -0.2) is 119 Å². The molecule has 1 aromatic carbocycles. The summed E-state index contributed by atoms with van der Waals surface area (Å²) < 4.78 is 42.8. The first-order chi connectivity index (χ1) is 25.7. The number of anilines is 2. The zero-order valence-corrected chi connectivity index (χ0v) is 32.8. The molecule has 12 nitrogen and oxygen atoms in total. The summed E-state index contributed by atoms with van der Waals surface area (Å²) in [6.07, 6.45) is 5.15. The van der Waals surface area contributed by atoms with E-state index in [1.807, 2.05) is 39.8 Å². The van der Waals surface area contributed by atoms with Crippen LogP contribution in [0.15, 0.2) is 17.1 Å². The molecule has 0 aliphatic carbocycles. The topological polar surface area (TPSA) is 114 Å². The summed E-state index contributed by atoms with van der Waals surface area (Å²) in [5.41, 5.74) is 1.95. The number of rotatable bonds is 7. The highest BCUT2D eigenvalue weighted by atomic mass is 32.1. The molecular weight excluding hydrogens is 713 g/mol. The summed E-state index contributed by atoms with van der Waals surface area (Å²) in [7, 11) is 3.69. The summed E-state index contributed by atoms with van der Waals surface area (Å²) >= 11 is 1.17. The number of thiophene rings is 1. The first kappa shape index (κ1) is 36.7. The number of benzene rings is 1. The van der Waals surface area contributed by atoms with E-state index in [-0.39, 0.29) is 35.8 Å². The van der Waals surface area contributed by atoms with Gasteiger partial charge in [-0.1, -0.05) is 0 Å². The highest BCUT2D eigenvalue weighted by Gasteiger charge is 2.50. The summed E-state index contributed by atoms with van der Waals surface area (Å²) in [6.45, 7) is 11.0. The molecule has 1 amide bonds. The minimum absolute atomic E-state index is 0.0168. The predicted molar refractivity (Wildman–Crippen MR) is 205 cm³/mol. The van der Waals surface area contributed by atoms with E-state index in [4.69, 9.17) is 19.4 Å². The fourth-order valence-electron chi connectivity index (χ4n) is 9.29. The van der Waals surface area contributed by atoms with Crippen LogP contribution in [-0.2, 0) is 17.7 Å². The second-order valence-corrected chi connectivity index (χ2v) is 17.8. The Kier molecular flexibility index (Phi) is 9.36. The van der Waals surface area contributed by atoms with E-state index in [1.165, 1.54) is 17.4 Å². The van der Waals surface area contributed by atoms with Gasteiger partial charge in [0.15, 0.2) is 0 Å². The number of amides is 1. The number of nitrogens with zero attached hydrogens (tertiary/aromatic N) is 9. The molecule has 288 valence electrons. The molecule has 5 atom stereocenters. The third-order valence-corrected chi connectivity index (χ3v) is 12.7. The molecule has 2 bridgehead atoms. The van der Waals surface area contributed by atoms with Gasteiger partial charge in [-0.25, -0.2) is 18.6 Å². The van der Waals surface area contributed by atoms with Crippen molar-refractivity contribution in [2.45, 2.75) is 108 Å². The van der Waals surface area contributed by atoms with Gasteiger partial charge in [0.05, 0.1) is 46.5 Å². The standard InChI is InChI=1S/C39H49F2N9O3S/c1-23-14-27-30(20-49(23)31-11-10-29(41)33-32(31)28(16-42)35(54-33)43-22-46(5)6)44-36(52-21-39-12-7-13-48(39)17-24(40)15-39)45-34(27)47-18-25-8-9-26(19-47)50(25)37(51)53-38(2,3)4/h10-11,22-26H,7-9,12-15,17-21H2,1-6H3/b43-22+/t23?,24-,25-,26+,39+/m1/s1. The fourth-order valence-corrected chi connectivity index (χ4v) is 10.3. The number of ether oxygens (including phenoxy) is 2. The van der Waals surface area contributed by atoms with E-state index in [1.54, 1.807) is 17.3 Å². The normalized spacial score (nSPS) is 26.8. The summed E-state index contributed by atoms with van der Waals surface area (Å²) in [6, 6.07) is 5.69. The maximum absolute atomic E-state index is 15.4. The van der Waals surface area contributed by atoms with Crippen LogP contribution >= 0.6 is 11.3 Å². The van der Waals surface area contributed by atoms with Crippen LogP contribution in [0.1, 0.15) is 76.6 Å². The lowest BCUT2D eigenvalue weighted by Gasteiger charge is -2.43. The highest BCUT2D eigenvalue weighted by molar-refractivity contribution is 7.23. The van der Waals surface area contributed by atoms with Crippen molar-refractivity contribution in [1.82, 2.24) is 24.7 Å². The molecule has 54 heavy (non-hydrogen) atoms. The second kappa shape index (κ2) is 13.8. The largest absolute Gasteiger partial charge is 0.461 e. The van der Waals surface area contributed by atoms with E-state index in [0.717, 1.165) is 55.0 Å². The molecule has 0 radical (unpaired) electrons. The molecule has 4 fully saturated rings. The number of nitriles is 1. The van der Waals surface area contributed by atoms with Gasteiger partial charge in [0.1, 0.15) is 41.1 Å². The number of hydrogen-bond acceptors (Lipinski definition) is 11. The molecule has 2 aromatic heterocycles. The lowest BCUT2D eigenvalue weighted by molar-refractivity contribution is 0.0122. The lowest BCUT2D eigenvalue weighted by atomic mass is 9.95. The van der Waals surface area contributed by atoms with E-state index in [0.29, 0.717) is 66.3 Å². The predicted octanol–water partition coefficient (Wildman–Crippen LogP) is 6.42. The maximum atomic E-state index is 15.4. The van der Waals surface area contributed by atoms with Crippen molar-refractivity contribution in [3.8, 4) is 12.1 Å². The molecule has 0 N–H and O–H groups in total. The molecule has 5 aliphatic heterocycles. The average molecular weight is 762 g/mol. The average Bonchev–Trinajstić information content (AvgIpc) is 3.83. The minimum Gasteiger partial charge on any atom is -0.461 e. The van der Waals surface area contributed by atoms with Crippen LogP contribution in [0.3, 0.4) is 0 Å². The van der Waals surface area contributed by atoms with Gasteiger partial charge < -0.3 is 24.2 Å². The van der Waals surface area contributed by atoms with E-state index in [2.05, 4.69) is 32.7 Å². The van der Waals surface area contributed by atoms with Crippen molar-refractivity contribution in [2.24, 2.45) is 4.99 Å². The molecule has 5 aliphatic rings. The van der Waals surface area contributed by atoms with Gasteiger partial charge in [0.2, 0.25) is 0 Å². The van der Waals surface area contributed by atoms with Crippen molar-refractivity contribution < 1.29 is 23.0 Å². The number of alkyl halides is 1. The molecule has 3 aromatic rings. The number of aromatic nitrogens is 2. The molecule has 4 saturated heterocycles. The second-order valence-electron chi connectivity index (χ2n) is 16.9. The fraction of sp³-hybridized carbons (Fsp3) is 0.615. The first-order valence-electron chi connectivity index (χ1n) is 19.0. The molecule has 1 unspecified atom stereocenters. The Labute approximate surface area is 319 Å². The SMILES string of the molecule is CC1Cc2c(nc(OC[C@@]34CCCN3C[C@H](F)C4)nc2N2C[C@H]3CC[C@@H](C2)N3C(=O)OC(C)(C)C)CN1c1ccc(F)c2sc(/N=C/N(C)C)c(C#N)c12. The number of piperazine rings is 1. The van der Waals surface area contributed by atoms with Gasteiger partial charge >= 0.3 is 12.1 Å². The number of fused-ring (bicyclic) bond motifs is 5. The Morgan fingerprint density at radius 3 is 2.67 bits per heavy atom. The van der Waals surface area contributed by atoms with Gasteiger partial charge in [0, 0.05) is 62.8 Å². The molecular formula is C39H49F2N9O3S. The monoisotopic (exact) mass is 761 g/mol. The molecule has 7 heterocycles. The van der Waals surface area contributed by atoms with Gasteiger partial charge in [-0.2, -0.15) is 15.2 Å². The van der Waals surface area contributed by atoms with Crippen LogP contribution in [0.4, 0.5) is 30.1 Å². The minimum atomic E-state index is -0.877. The number of halogens is 2. The highest BCUT2D eigenvalue weighted by Crippen LogP contribution is 2.46. The quantitative estimate of drug-likeness (QED) is 0.198. The summed E-state index contributed by atoms with van der Waals surface area (Å²) in [5.74, 6) is 0.408. The summed E-state index contributed by atoms with van der Waals surface area (Å²) in [4.78, 5) is 38.4. The van der Waals surface area contributed by atoms with Crippen molar-refractivity contribution >= 4 is 50.4 Å². The zero-order chi connectivity index (χ0) is 38.1. The first-order valence-corrected chi connectivity index (χ1v) is 19.9. The van der Waals surface area contributed by atoms with Crippen molar-refractivity contribution in [2.75, 3.05) is 56.7 Å². The van der Waals surface area contributed by atoms with Crippen LogP contribution in [0.25, 0.3) is 10.1 Å². The van der Waals surface area contributed by atoms with E-state index in [9.17, 15) is 14.4 Å². The summed E-state index contributed by atoms with van der Waals surface area (Å²) in [5, 5.41) is 11.3. The third kappa shape index (κ3) is 6.59. The van der Waals surface area contributed by atoms with Gasteiger partial charge in [-0.15, -0.1) is 11.3 Å². The van der Waals surface area contributed by atoms with Crippen LogP contribution < -0.4 is 14.5 Å². The molecule has 0 spiro atoms. The number of aliphatic imine (C=N–C) groups is 1. The Balaban J connectivity index is 1.16.